The van der Waals surface area contributed by atoms with Crippen LogP contribution in [-0.2, 0) is 6.54 Å². The van der Waals surface area contributed by atoms with Crippen molar-refractivity contribution in [1.82, 2.24) is 0 Å². The van der Waals surface area contributed by atoms with Crippen LogP contribution in [0.25, 0.3) is 0 Å². The summed E-state index contributed by atoms with van der Waals surface area (Å²) in [6.45, 7) is 4.91. The number of benzene rings is 2. The van der Waals surface area contributed by atoms with Crippen LogP contribution in [0.2, 0.25) is 0 Å². The quantitative estimate of drug-likeness (QED) is 0.902. The normalized spacial score (nSPS) is 10.0. The molecule has 0 spiro atoms. The molecule has 0 heterocycles. The Hall–Kier alpha value is -1.79. The fraction of sp³-hybridized carbons (Fsp3) is 0.188. The summed E-state index contributed by atoms with van der Waals surface area (Å²) in [5.74, 6) is 0. The molecule has 0 aliphatic heterocycles. The summed E-state index contributed by atoms with van der Waals surface area (Å²) in [6, 6.07) is 14.4. The molecule has 2 aromatic carbocycles. The molecule has 0 bridgehead atoms. The third-order valence-electron chi connectivity index (χ3n) is 2.87. The van der Waals surface area contributed by atoms with Gasteiger partial charge in [0.15, 0.2) is 0 Å². The first-order valence-electron chi connectivity index (χ1n) is 6.09. The van der Waals surface area contributed by atoms with Crippen LogP contribution in [0.4, 0.5) is 5.69 Å². The van der Waals surface area contributed by atoms with Crippen LogP contribution >= 0.6 is 15.9 Å². The molecule has 19 heavy (non-hydrogen) atoms. The van der Waals surface area contributed by atoms with Gasteiger partial charge in [-0.15, -0.1) is 0 Å². The number of hydrogen-bond donors (Lipinski definition) is 1. The van der Waals surface area contributed by atoms with Gasteiger partial charge in [-0.1, -0.05) is 45.3 Å². The largest absolute Gasteiger partial charge is 0.380 e. The van der Waals surface area contributed by atoms with E-state index in [9.17, 15) is 0 Å². The van der Waals surface area contributed by atoms with Crippen molar-refractivity contribution in [3.8, 4) is 6.07 Å². The maximum Gasteiger partial charge on any atom is 0.101 e. The number of aryl methyl sites for hydroxylation is 2. The van der Waals surface area contributed by atoms with Crippen molar-refractivity contribution in [2.45, 2.75) is 20.4 Å². The van der Waals surface area contributed by atoms with Gasteiger partial charge in [0.05, 0.1) is 11.3 Å². The van der Waals surface area contributed by atoms with Crippen molar-refractivity contribution in [1.29, 1.82) is 5.26 Å². The molecule has 0 aromatic heterocycles. The van der Waals surface area contributed by atoms with Crippen molar-refractivity contribution in [2.75, 3.05) is 5.32 Å². The third kappa shape index (κ3) is 3.59. The van der Waals surface area contributed by atoms with E-state index in [1.165, 1.54) is 16.7 Å². The molecule has 1 N–H and O–H groups in total. The summed E-state index contributed by atoms with van der Waals surface area (Å²) in [4.78, 5) is 0. The van der Waals surface area contributed by atoms with E-state index >= 15 is 0 Å². The van der Waals surface area contributed by atoms with Gasteiger partial charge in [0, 0.05) is 11.0 Å². The van der Waals surface area contributed by atoms with Gasteiger partial charge in [-0.05, 0) is 37.6 Å². The molecule has 0 aliphatic carbocycles. The average Bonchev–Trinajstić information content (AvgIpc) is 2.36. The van der Waals surface area contributed by atoms with Gasteiger partial charge < -0.3 is 5.32 Å². The molecule has 0 saturated carbocycles. The van der Waals surface area contributed by atoms with Gasteiger partial charge in [0.1, 0.15) is 6.07 Å². The Labute approximate surface area is 122 Å². The highest BCUT2D eigenvalue weighted by molar-refractivity contribution is 9.10. The van der Waals surface area contributed by atoms with Crippen LogP contribution in [0.15, 0.2) is 40.9 Å². The van der Waals surface area contributed by atoms with Gasteiger partial charge in [0.25, 0.3) is 0 Å². The summed E-state index contributed by atoms with van der Waals surface area (Å²) in [5.41, 5.74) is 5.26. The lowest BCUT2D eigenvalue weighted by Crippen LogP contribution is -2.02. The number of anilines is 1. The first kappa shape index (κ1) is 13.6. The lowest BCUT2D eigenvalue weighted by Gasteiger charge is -2.10. The molecular weight excluding hydrogens is 300 g/mol. The second kappa shape index (κ2) is 5.90. The van der Waals surface area contributed by atoms with E-state index in [0.717, 1.165) is 16.7 Å². The second-order valence-corrected chi connectivity index (χ2v) is 5.57. The van der Waals surface area contributed by atoms with Gasteiger partial charge in [-0.25, -0.2) is 0 Å². The van der Waals surface area contributed by atoms with Crippen LogP contribution in [-0.4, -0.2) is 0 Å². The molecule has 0 amide bonds. The van der Waals surface area contributed by atoms with Gasteiger partial charge in [-0.2, -0.15) is 5.26 Å². The monoisotopic (exact) mass is 314 g/mol. The predicted molar refractivity (Wildman–Crippen MR) is 82.1 cm³/mol. The number of nitrogens with one attached hydrogen (secondary N) is 1. The molecule has 2 rings (SSSR count). The molecule has 2 nitrogen and oxygen atoms in total. The zero-order valence-electron chi connectivity index (χ0n) is 11.0. The summed E-state index contributed by atoms with van der Waals surface area (Å²) >= 11 is 3.37. The zero-order valence-corrected chi connectivity index (χ0v) is 12.6. The molecule has 0 atom stereocenters. The highest BCUT2D eigenvalue weighted by Crippen LogP contribution is 2.21. The maximum absolute atomic E-state index is 9.12. The van der Waals surface area contributed by atoms with E-state index in [1.54, 1.807) is 0 Å². The summed E-state index contributed by atoms with van der Waals surface area (Å²) < 4.78 is 0.918. The minimum absolute atomic E-state index is 0.652. The molecular formula is C16H15BrN2. The van der Waals surface area contributed by atoms with Gasteiger partial charge >= 0.3 is 0 Å². The lowest BCUT2D eigenvalue weighted by atomic mass is 10.1. The van der Waals surface area contributed by atoms with E-state index in [0.29, 0.717) is 5.56 Å². The Morgan fingerprint density at radius 1 is 1.11 bits per heavy atom. The smallest absolute Gasteiger partial charge is 0.101 e. The standard InChI is InChI=1S/C16H15BrN2/c1-11-5-12(2)7-13(6-11)10-19-16-4-3-15(17)8-14(16)9-18/h3-8,19H,10H2,1-2H3. The molecule has 96 valence electrons. The summed E-state index contributed by atoms with van der Waals surface area (Å²) in [5, 5.41) is 12.4. The number of hydrogen-bond acceptors (Lipinski definition) is 2. The minimum Gasteiger partial charge on any atom is -0.380 e. The van der Waals surface area contributed by atoms with Crippen LogP contribution < -0.4 is 5.32 Å². The first-order valence-corrected chi connectivity index (χ1v) is 6.88. The Balaban J connectivity index is 2.17. The van der Waals surface area contributed by atoms with Gasteiger partial charge in [-0.3, -0.25) is 0 Å². The highest BCUT2D eigenvalue weighted by atomic mass is 79.9. The number of halogens is 1. The first-order chi connectivity index (χ1) is 9.08. The van der Waals surface area contributed by atoms with E-state index in [1.807, 2.05) is 18.2 Å². The third-order valence-corrected chi connectivity index (χ3v) is 3.36. The number of nitriles is 1. The van der Waals surface area contributed by atoms with Gasteiger partial charge in [0.2, 0.25) is 0 Å². The van der Waals surface area contributed by atoms with Crippen molar-refractivity contribution in [3.05, 3.63) is 63.1 Å². The lowest BCUT2D eigenvalue weighted by molar-refractivity contribution is 1.13. The van der Waals surface area contributed by atoms with E-state index in [4.69, 9.17) is 5.26 Å². The minimum atomic E-state index is 0.652. The van der Waals surface area contributed by atoms with Crippen molar-refractivity contribution >= 4 is 21.6 Å². The van der Waals surface area contributed by atoms with Crippen molar-refractivity contribution in [2.24, 2.45) is 0 Å². The molecule has 2 aromatic rings. The average molecular weight is 315 g/mol. The van der Waals surface area contributed by atoms with Crippen LogP contribution in [0.3, 0.4) is 0 Å². The molecule has 0 saturated heterocycles. The van der Waals surface area contributed by atoms with E-state index < -0.39 is 0 Å². The Morgan fingerprint density at radius 3 is 2.42 bits per heavy atom. The molecule has 3 heteroatoms. The van der Waals surface area contributed by atoms with E-state index in [-0.39, 0.29) is 0 Å². The van der Waals surface area contributed by atoms with Crippen molar-refractivity contribution in [3.63, 3.8) is 0 Å². The molecule has 0 aliphatic rings. The van der Waals surface area contributed by atoms with E-state index in [2.05, 4.69) is 59.4 Å². The Bertz CT molecular complexity index is 621. The summed E-state index contributed by atoms with van der Waals surface area (Å²) in [6.07, 6.45) is 0. The van der Waals surface area contributed by atoms with Crippen LogP contribution in [0.5, 0.6) is 0 Å². The summed E-state index contributed by atoms with van der Waals surface area (Å²) in [7, 11) is 0. The topological polar surface area (TPSA) is 35.8 Å². The molecule has 0 fully saturated rings. The second-order valence-electron chi connectivity index (χ2n) is 4.65. The molecule has 0 radical (unpaired) electrons. The number of rotatable bonds is 3. The Kier molecular flexibility index (Phi) is 4.24. The predicted octanol–water partition coefficient (Wildman–Crippen LogP) is 4.55. The van der Waals surface area contributed by atoms with Crippen LogP contribution in [0, 0.1) is 25.2 Å². The zero-order chi connectivity index (χ0) is 13.8. The fourth-order valence-electron chi connectivity index (χ4n) is 2.13. The Morgan fingerprint density at radius 2 is 1.79 bits per heavy atom. The fourth-order valence-corrected chi connectivity index (χ4v) is 2.49. The molecule has 0 unspecified atom stereocenters. The number of nitrogens with zero attached hydrogens (tertiary/aromatic N) is 1. The maximum atomic E-state index is 9.12. The SMILES string of the molecule is Cc1cc(C)cc(CNc2ccc(Br)cc2C#N)c1. The van der Waals surface area contributed by atoms with Crippen molar-refractivity contribution < 1.29 is 0 Å². The van der Waals surface area contributed by atoms with Crippen LogP contribution in [0.1, 0.15) is 22.3 Å². The highest BCUT2D eigenvalue weighted by Gasteiger charge is 2.03.